The third kappa shape index (κ3) is 46.9. The molecule has 0 fully saturated rings. The predicted molar refractivity (Wildman–Crippen MR) is 265 cm³/mol. The van der Waals surface area contributed by atoms with Crippen molar-refractivity contribution in [2.75, 3.05) is 13.2 Å². The fraction of sp³-hybridized carbons (Fsp3) is 0.589. The first kappa shape index (κ1) is 57.8. The molecule has 0 aromatic heterocycles. The highest BCUT2D eigenvalue weighted by molar-refractivity contribution is 5.71. The topological polar surface area (TPSA) is 78.9 Å². The van der Waals surface area contributed by atoms with Crippen molar-refractivity contribution in [3.8, 4) is 0 Å². The Balaban J connectivity index is 4.59. The van der Waals surface area contributed by atoms with E-state index in [4.69, 9.17) is 14.2 Å². The van der Waals surface area contributed by atoms with Gasteiger partial charge in [-0.15, -0.1) is 0 Å². The summed E-state index contributed by atoms with van der Waals surface area (Å²) in [5, 5.41) is 0. The summed E-state index contributed by atoms with van der Waals surface area (Å²) < 4.78 is 16.6. The number of hydrogen-bond donors (Lipinski definition) is 0. The second-order valence-electron chi connectivity index (χ2n) is 15.6. The lowest BCUT2D eigenvalue weighted by Gasteiger charge is -2.18. The lowest BCUT2D eigenvalue weighted by atomic mass is 10.1. The molecule has 0 heterocycles. The summed E-state index contributed by atoms with van der Waals surface area (Å²) in [7, 11) is 0. The van der Waals surface area contributed by atoms with E-state index in [1.54, 1.807) is 0 Å². The molecule has 1 atom stereocenters. The zero-order valence-electron chi connectivity index (χ0n) is 39.6. The zero-order valence-corrected chi connectivity index (χ0v) is 39.6. The van der Waals surface area contributed by atoms with Crippen molar-refractivity contribution in [3.05, 3.63) is 122 Å². The average molecular weight is 857 g/mol. The molecule has 0 saturated heterocycles. The minimum atomic E-state index is -0.837. The summed E-state index contributed by atoms with van der Waals surface area (Å²) in [5.41, 5.74) is 0. The van der Waals surface area contributed by atoms with Gasteiger partial charge in [-0.25, -0.2) is 0 Å². The Bertz CT molecular complexity index is 1350. The van der Waals surface area contributed by atoms with Gasteiger partial charge >= 0.3 is 17.9 Å². The van der Waals surface area contributed by atoms with Gasteiger partial charge in [-0.1, -0.05) is 181 Å². The molecule has 0 aliphatic carbocycles. The molecule has 0 bridgehead atoms. The fourth-order valence-electron chi connectivity index (χ4n) is 6.06. The summed E-state index contributed by atoms with van der Waals surface area (Å²) in [6.45, 7) is 6.25. The van der Waals surface area contributed by atoms with E-state index in [0.29, 0.717) is 19.3 Å². The summed E-state index contributed by atoms with van der Waals surface area (Å²) in [6.07, 6.45) is 67.7. The maximum absolute atomic E-state index is 12.8. The van der Waals surface area contributed by atoms with Crippen molar-refractivity contribution in [3.63, 3.8) is 0 Å². The van der Waals surface area contributed by atoms with E-state index in [0.717, 1.165) is 109 Å². The van der Waals surface area contributed by atoms with Crippen LogP contribution in [-0.2, 0) is 28.6 Å². The monoisotopic (exact) mass is 857 g/mol. The van der Waals surface area contributed by atoms with E-state index in [-0.39, 0.29) is 44.0 Å². The molecule has 1 unspecified atom stereocenters. The van der Waals surface area contributed by atoms with Crippen LogP contribution in [0, 0.1) is 0 Å². The molecule has 0 aliphatic rings. The van der Waals surface area contributed by atoms with Crippen molar-refractivity contribution >= 4 is 17.9 Å². The predicted octanol–water partition coefficient (Wildman–Crippen LogP) is 16.1. The third-order valence-electron chi connectivity index (χ3n) is 9.69. The molecule has 0 amide bonds. The number of esters is 3. The van der Waals surface area contributed by atoms with Gasteiger partial charge in [-0.3, -0.25) is 14.4 Å². The van der Waals surface area contributed by atoms with Crippen LogP contribution in [0.25, 0.3) is 0 Å². The minimum absolute atomic E-state index is 0.128. The number of allylic oxidation sites excluding steroid dienone is 20. The second-order valence-corrected chi connectivity index (χ2v) is 15.6. The van der Waals surface area contributed by atoms with Gasteiger partial charge in [0, 0.05) is 19.3 Å². The maximum Gasteiger partial charge on any atom is 0.306 e. The average Bonchev–Trinajstić information content (AvgIpc) is 3.27. The van der Waals surface area contributed by atoms with Gasteiger partial charge in [0.25, 0.3) is 0 Å². The molecule has 6 heteroatoms. The first-order valence-corrected chi connectivity index (χ1v) is 24.5. The second kappa shape index (κ2) is 49.5. The van der Waals surface area contributed by atoms with Crippen molar-refractivity contribution in [1.29, 1.82) is 0 Å². The Morgan fingerprint density at radius 2 is 0.661 bits per heavy atom. The summed E-state index contributed by atoms with van der Waals surface area (Å²) in [5.74, 6) is -1.08. The van der Waals surface area contributed by atoms with E-state index in [1.807, 2.05) is 12.2 Å². The van der Waals surface area contributed by atoms with Crippen LogP contribution in [0.4, 0.5) is 0 Å². The molecular weight excluding hydrogens is 769 g/mol. The number of hydrogen-bond acceptors (Lipinski definition) is 6. The van der Waals surface area contributed by atoms with Gasteiger partial charge in [0.2, 0.25) is 0 Å². The molecule has 0 spiro atoms. The summed E-state index contributed by atoms with van der Waals surface area (Å²) in [6, 6.07) is 0. The van der Waals surface area contributed by atoms with Gasteiger partial charge in [0.05, 0.1) is 0 Å². The third-order valence-corrected chi connectivity index (χ3v) is 9.69. The van der Waals surface area contributed by atoms with Crippen LogP contribution >= 0.6 is 0 Å². The summed E-state index contributed by atoms with van der Waals surface area (Å²) >= 11 is 0. The number of carbonyl (C=O) groups is 3. The molecule has 0 radical (unpaired) electrons. The van der Waals surface area contributed by atoms with E-state index in [9.17, 15) is 14.4 Å². The van der Waals surface area contributed by atoms with Crippen LogP contribution in [0.2, 0.25) is 0 Å². The Labute approximate surface area is 380 Å². The maximum atomic E-state index is 12.8. The van der Waals surface area contributed by atoms with Crippen LogP contribution in [0.3, 0.4) is 0 Å². The minimum Gasteiger partial charge on any atom is -0.462 e. The highest BCUT2D eigenvalue weighted by Gasteiger charge is 2.19. The first-order chi connectivity index (χ1) is 30.5. The van der Waals surface area contributed by atoms with E-state index < -0.39 is 6.10 Å². The molecule has 6 nitrogen and oxygen atoms in total. The largest absolute Gasteiger partial charge is 0.462 e. The molecule has 0 aromatic rings. The summed E-state index contributed by atoms with van der Waals surface area (Å²) in [4.78, 5) is 37.9. The number of ether oxygens (including phenoxy) is 3. The van der Waals surface area contributed by atoms with Crippen LogP contribution in [0.1, 0.15) is 194 Å². The molecule has 0 N–H and O–H groups in total. The van der Waals surface area contributed by atoms with Crippen LogP contribution in [-0.4, -0.2) is 37.2 Å². The Morgan fingerprint density at radius 3 is 1.11 bits per heavy atom. The lowest BCUT2D eigenvalue weighted by Crippen LogP contribution is -2.30. The molecule has 0 rings (SSSR count). The molecule has 0 aromatic carbocycles. The highest BCUT2D eigenvalue weighted by atomic mass is 16.6. The van der Waals surface area contributed by atoms with Crippen molar-refractivity contribution < 1.29 is 28.6 Å². The number of unbranched alkanes of at least 4 members (excludes halogenated alkanes) is 11. The molecule has 0 aliphatic heterocycles. The number of carbonyl (C=O) groups excluding carboxylic acids is 3. The van der Waals surface area contributed by atoms with Crippen LogP contribution < -0.4 is 0 Å². The van der Waals surface area contributed by atoms with Gasteiger partial charge in [-0.2, -0.15) is 0 Å². The first-order valence-electron chi connectivity index (χ1n) is 24.5. The van der Waals surface area contributed by atoms with Crippen LogP contribution in [0.15, 0.2) is 122 Å². The fourth-order valence-corrected chi connectivity index (χ4v) is 6.06. The molecular formula is C56H88O6. The standard InChI is InChI=1S/C56H88O6/c1-4-7-10-13-16-19-22-25-27-29-31-34-37-40-43-46-49-55(58)61-52-53(51-60-54(57)48-45-42-39-36-33-30-24-21-18-15-12-9-6-3)62-56(59)50-47-44-41-38-35-32-28-26-23-20-17-14-11-8-5-2/h8-9,11-12,17-22,26-30,33,35,38-39,42,53H,4-7,10,13-16,23-25,31-32,34,36-37,40-41,43-52H2,1-3H3/b11-8-,12-9-,20-17-,21-18-,22-19-,28-26-,29-27-,33-30-,38-35-,42-39-. The zero-order chi connectivity index (χ0) is 45.1. The smallest absolute Gasteiger partial charge is 0.306 e. The van der Waals surface area contributed by atoms with Gasteiger partial charge in [0.1, 0.15) is 13.2 Å². The van der Waals surface area contributed by atoms with Gasteiger partial charge < -0.3 is 14.2 Å². The van der Waals surface area contributed by atoms with E-state index >= 15 is 0 Å². The van der Waals surface area contributed by atoms with Crippen molar-refractivity contribution in [1.82, 2.24) is 0 Å². The Hall–Kier alpha value is -4.19. The van der Waals surface area contributed by atoms with E-state index in [2.05, 4.69) is 130 Å². The lowest BCUT2D eigenvalue weighted by molar-refractivity contribution is -0.166. The highest BCUT2D eigenvalue weighted by Crippen LogP contribution is 2.11. The van der Waals surface area contributed by atoms with Crippen molar-refractivity contribution in [2.45, 2.75) is 200 Å². The SMILES string of the molecule is CC/C=C\C/C=C\C/C=C\C/C=C\CCCCC(=O)OC(COC(=O)CC/C=C\C/C=C\C/C=C\C/C=C\CC)COC(=O)CCCCCCC/C=C\C/C=C\CCCCCC. The normalized spacial score (nSPS) is 13.1. The van der Waals surface area contributed by atoms with Gasteiger partial charge in [0.15, 0.2) is 6.10 Å². The quantitative estimate of drug-likeness (QED) is 0.0263. The van der Waals surface area contributed by atoms with Gasteiger partial charge in [-0.05, 0) is 116 Å². The Morgan fingerprint density at radius 1 is 0.339 bits per heavy atom. The number of rotatable bonds is 42. The molecule has 62 heavy (non-hydrogen) atoms. The van der Waals surface area contributed by atoms with Crippen molar-refractivity contribution in [2.24, 2.45) is 0 Å². The Kier molecular flexibility index (Phi) is 46.1. The molecule has 0 saturated carbocycles. The van der Waals surface area contributed by atoms with Crippen LogP contribution in [0.5, 0.6) is 0 Å². The molecule has 348 valence electrons. The van der Waals surface area contributed by atoms with E-state index in [1.165, 1.54) is 32.1 Å².